The normalized spacial score (nSPS) is 29.8. The Kier molecular flexibility index (Phi) is 3.01. The molecular formula is C17H18N2O2. The number of rotatable bonds is 2. The Balaban J connectivity index is 1.76. The van der Waals surface area contributed by atoms with Crippen LogP contribution in [0.4, 0.5) is 0 Å². The highest BCUT2D eigenvalue weighted by Gasteiger charge is 2.44. The number of aromatic nitrogens is 1. The van der Waals surface area contributed by atoms with Crippen molar-refractivity contribution >= 4 is 16.7 Å². The van der Waals surface area contributed by atoms with Gasteiger partial charge in [0.15, 0.2) is 5.78 Å². The summed E-state index contributed by atoms with van der Waals surface area (Å²) in [5.41, 5.74) is 1.67. The molecule has 0 radical (unpaired) electrons. The Labute approximate surface area is 123 Å². The van der Waals surface area contributed by atoms with Crippen molar-refractivity contribution in [3.05, 3.63) is 42.1 Å². The summed E-state index contributed by atoms with van der Waals surface area (Å²) in [5, 5.41) is 11.8. The van der Waals surface area contributed by atoms with Crippen LogP contribution in [0.25, 0.3) is 10.9 Å². The number of aliphatic hydroxyl groups is 1. The molecule has 3 saturated heterocycles. The smallest absolute Gasteiger partial charge is 0.156 e. The van der Waals surface area contributed by atoms with Gasteiger partial charge in [-0.25, -0.2) is 0 Å². The number of nitrogens with zero attached hydrogens (tertiary/aromatic N) is 2. The molecule has 5 rings (SSSR count). The first-order chi connectivity index (χ1) is 10.3. The first-order valence-corrected chi connectivity index (χ1v) is 7.55. The van der Waals surface area contributed by atoms with Crippen molar-refractivity contribution in [3.63, 3.8) is 0 Å². The van der Waals surface area contributed by atoms with E-state index < -0.39 is 6.10 Å². The van der Waals surface area contributed by atoms with Gasteiger partial charge in [0, 0.05) is 17.5 Å². The van der Waals surface area contributed by atoms with E-state index in [0.29, 0.717) is 0 Å². The second kappa shape index (κ2) is 4.90. The predicted molar refractivity (Wildman–Crippen MR) is 79.8 cm³/mol. The first kappa shape index (κ1) is 12.9. The summed E-state index contributed by atoms with van der Waals surface area (Å²) in [7, 11) is 0. The lowest BCUT2D eigenvalue weighted by atomic mass is 9.78. The summed E-state index contributed by atoms with van der Waals surface area (Å²) in [4.78, 5) is 19.0. The highest BCUT2D eigenvalue weighted by molar-refractivity contribution is 5.90. The van der Waals surface area contributed by atoms with Gasteiger partial charge in [0.2, 0.25) is 0 Å². The number of piperidine rings is 3. The number of benzene rings is 1. The van der Waals surface area contributed by atoms with E-state index in [0.717, 1.165) is 42.4 Å². The zero-order chi connectivity index (χ0) is 14.4. The fourth-order valence-corrected chi connectivity index (χ4v) is 3.78. The van der Waals surface area contributed by atoms with Crippen LogP contribution in [-0.2, 0) is 4.79 Å². The van der Waals surface area contributed by atoms with Crippen LogP contribution in [0.5, 0.6) is 0 Å². The summed E-state index contributed by atoms with van der Waals surface area (Å²) in [6, 6.07) is 9.22. The molecule has 108 valence electrons. The molecule has 3 aliphatic rings. The number of Topliss-reactive ketones (excluding diaryl/α,β-unsaturated/α-hetero) is 1. The van der Waals surface area contributed by atoms with Crippen molar-refractivity contribution in [3.8, 4) is 0 Å². The Morgan fingerprint density at radius 3 is 2.71 bits per heavy atom. The molecule has 1 aromatic heterocycles. The van der Waals surface area contributed by atoms with Crippen molar-refractivity contribution in [2.75, 3.05) is 13.1 Å². The highest BCUT2D eigenvalue weighted by Crippen LogP contribution is 2.36. The standard InChI is InChI=1S/C17H18N2O2/c20-16-11-6-9-19(10-7-11)15(16)17(21)13-5-8-18-14-4-2-1-3-12(13)14/h1-5,8,11,15,17,21H,6-7,9-10H2. The molecule has 21 heavy (non-hydrogen) atoms. The van der Waals surface area contributed by atoms with Crippen LogP contribution >= 0.6 is 0 Å². The average Bonchev–Trinajstić information content (AvgIpc) is 2.55. The minimum atomic E-state index is -0.770. The van der Waals surface area contributed by atoms with Gasteiger partial charge < -0.3 is 5.11 Å². The van der Waals surface area contributed by atoms with Crippen LogP contribution in [0.1, 0.15) is 24.5 Å². The third-order valence-corrected chi connectivity index (χ3v) is 4.92. The van der Waals surface area contributed by atoms with Gasteiger partial charge in [-0.1, -0.05) is 18.2 Å². The molecule has 0 spiro atoms. The highest BCUT2D eigenvalue weighted by atomic mass is 16.3. The third kappa shape index (κ3) is 1.98. The summed E-state index contributed by atoms with van der Waals surface area (Å²) >= 11 is 0. The molecule has 2 unspecified atom stereocenters. The lowest BCUT2D eigenvalue weighted by Crippen LogP contribution is -2.57. The molecule has 0 aliphatic carbocycles. The molecule has 2 bridgehead atoms. The number of hydrogen-bond donors (Lipinski definition) is 1. The van der Waals surface area contributed by atoms with Crippen LogP contribution < -0.4 is 0 Å². The monoisotopic (exact) mass is 282 g/mol. The number of aliphatic hydroxyl groups excluding tert-OH is 1. The summed E-state index contributed by atoms with van der Waals surface area (Å²) in [5.74, 6) is 0.351. The SMILES string of the molecule is O=C1C2CCN(CC2)C1C(O)c1ccnc2ccccc12. The third-order valence-electron chi connectivity index (χ3n) is 4.92. The van der Waals surface area contributed by atoms with Crippen LogP contribution in [0.15, 0.2) is 36.5 Å². The van der Waals surface area contributed by atoms with Crippen molar-refractivity contribution < 1.29 is 9.90 Å². The maximum absolute atomic E-state index is 12.5. The number of carbonyl (C=O) groups excluding carboxylic acids is 1. The van der Waals surface area contributed by atoms with Crippen LogP contribution in [-0.4, -0.2) is 39.9 Å². The van der Waals surface area contributed by atoms with Crippen molar-refractivity contribution in [2.45, 2.75) is 25.0 Å². The van der Waals surface area contributed by atoms with Crippen LogP contribution in [0, 0.1) is 5.92 Å². The quantitative estimate of drug-likeness (QED) is 0.914. The van der Waals surface area contributed by atoms with E-state index in [2.05, 4.69) is 9.88 Å². The molecule has 4 heterocycles. The first-order valence-electron chi connectivity index (χ1n) is 7.55. The molecule has 1 aromatic carbocycles. The maximum atomic E-state index is 12.5. The van der Waals surface area contributed by atoms with Gasteiger partial charge in [-0.2, -0.15) is 0 Å². The van der Waals surface area contributed by atoms with E-state index in [-0.39, 0.29) is 17.7 Å². The Morgan fingerprint density at radius 1 is 1.19 bits per heavy atom. The van der Waals surface area contributed by atoms with Crippen LogP contribution in [0.2, 0.25) is 0 Å². The average molecular weight is 282 g/mol. The molecule has 4 nitrogen and oxygen atoms in total. The van der Waals surface area contributed by atoms with E-state index >= 15 is 0 Å². The number of para-hydroxylation sites is 1. The number of carbonyl (C=O) groups is 1. The number of ketones is 1. The van der Waals surface area contributed by atoms with Gasteiger partial charge in [-0.15, -0.1) is 0 Å². The Hall–Kier alpha value is -1.78. The molecule has 2 atom stereocenters. The van der Waals surface area contributed by atoms with Gasteiger partial charge in [-0.05, 0) is 43.6 Å². The molecule has 4 heteroatoms. The van der Waals surface area contributed by atoms with Gasteiger partial charge in [-0.3, -0.25) is 14.7 Å². The van der Waals surface area contributed by atoms with E-state index in [4.69, 9.17) is 0 Å². The number of pyridine rings is 1. The topological polar surface area (TPSA) is 53.4 Å². The Morgan fingerprint density at radius 2 is 1.95 bits per heavy atom. The fraction of sp³-hybridized carbons (Fsp3) is 0.412. The van der Waals surface area contributed by atoms with Gasteiger partial charge >= 0.3 is 0 Å². The van der Waals surface area contributed by atoms with E-state index in [1.807, 2.05) is 30.3 Å². The van der Waals surface area contributed by atoms with E-state index in [1.54, 1.807) is 6.20 Å². The van der Waals surface area contributed by atoms with Crippen molar-refractivity contribution in [2.24, 2.45) is 5.92 Å². The fourth-order valence-electron chi connectivity index (χ4n) is 3.78. The van der Waals surface area contributed by atoms with E-state index in [9.17, 15) is 9.90 Å². The molecule has 3 fully saturated rings. The van der Waals surface area contributed by atoms with Gasteiger partial charge in [0.1, 0.15) is 6.10 Å². The zero-order valence-electron chi connectivity index (χ0n) is 11.8. The predicted octanol–water partition coefficient (Wildman–Crippen LogP) is 1.93. The lowest BCUT2D eigenvalue weighted by Gasteiger charge is -2.45. The van der Waals surface area contributed by atoms with Crippen LogP contribution in [0.3, 0.4) is 0 Å². The largest absolute Gasteiger partial charge is 0.386 e. The maximum Gasteiger partial charge on any atom is 0.156 e. The minimum Gasteiger partial charge on any atom is -0.386 e. The second-order valence-electron chi connectivity index (χ2n) is 6.02. The minimum absolute atomic E-state index is 0.141. The van der Waals surface area contributed by atoms with Crippen molar-refractivity contribution in [1.29, 1.82) is 0 Å². The lowest BCUT2D eigenvalue weighted by molar-refractivity contribution is -0.143. The zero-order valence-corrected chi connectivity index (χ0v) is 11.8. The molecular weight excluding hydrogens is 264 g/mol. The summed E-state index contributed by atoms with van der Waals surface area (Å²) in [6.07, 6.45) is 2.83. The Bertz CT molecular complexity index is 687. The second-order valence-corrected chi connectivity index (χ2v) is 6.02. The molecule has 0 amide bonds. The van der Waals surface area contributed by atoms with Gasteiger partial charge in [0.25, 0.3) is 0 Å². The molecule has 3 aliphatic heterocycles. The number of fused-ring (bicyclic) bond motifs is 4. The summed E-state index contributed by atoms with van der Waals surface area (Å²) < 4.78 is 0. The van der Waals surface area contributed by atoms with E-state index in [1.165, 1.54) is 0 Å². The molecule has 1 N–H and O–H groups in total. The molecule has 0 saturated carbocycles. The van der Waals surface area contributed by atoms with Gasteiger partial charge in [0.05, 0.1) is 11.6 Å². The number of hydrogen-bond acceptors (Lipinski definition) is 4. The van der Waals surface area contributed by atoms with Crippen molar-refractivity contribution in [1.82, 2.24) is 9.88 Å². The molecule has 2 aromatic rings. The summed E-state index contributed by atoms with van der Waals surface area (Å²) in [6.45, 7) is 1.84.